The van der Waals surface area contributed by atoms with Gasteiger partial charge >= 0.3 is 0 Å². The van der Waals surface area contributed by atoms with E-state index >= 15 is 0 Å². The van der Waals surface area contributed by atoms with Gasteiger partial charge in [-0.25, -0.2) is 0 Å². The molecule has 0 unspecified atom stereocenters. The first-order chi connectivity index (χ1) is 14.1. The highest BCUT2D eigenvalue weighted by Gasteiger charge is 2.25. The fraction of sp³-hybridized carbons (Fsp3) is 0.435. The molecule has 1 N–H and O–H groups in total. The van der Waals surface area contributed by atoms with Crippen LogP contribution in [0.4, 0.5) is 0 Å². The molecule has 0 aliphatic carbocycles. The Labute approximate surface area is 170 Å². The van der Waals surface area contributed by atoms with Crippen LogP contribution in [0.2, 0.25) is 0 Å². The number of rotatable bonds is 7. The van der Waals surface area contributed by atoms with Gasteiger partial charge in [0, 0.05) is 30.6 Å². The summed E-state index contributed by atoms with van der Waals surface area (Å²) in [7, 11) is 0. The van der Waals surface area contributed by atoms with Crippen LogP contribution in [0.1, 0.15) is 35.6 Å². The van der Waals surface area contributed by atoms with Crippen molar-refractivity contribution in [3.63, 3.8) is 0 Å². The Balaban J connectivity index is 1.42. The Morgan fingerprint density at radius 3 is 2.76 bits per heavy atom. The number of carbonyl (C=O) groups excluding carboxylic acids is 1. The van der Waals surface area contributed by atoms with E-state index in [-0.39, 0.29) is 11.9 Å². The first-order valence-electron chi connectivity index (χ1n) is 10.3. The highest BCUT2D eigenvalue weighted by atomic mass is 16.5. The first kappa shape index (κ1) is 19.7. The monoisotopic (exact) mass is 396 g/mol. The van der Waals surface area contributed by atoms with E-state index < -0.39 is 0 Å². The molecule has 0 radical (unpaired) electrons. The van der Waals surface area contributed by atoms with Crippen LogP contribution in [0.5, 0.6) is 0 Å². The van der Waals surface area contributed by atoms with Crippen molar-refractivity contribution in [3.05, 3.63) is 59.2 Å². The number of furan rings is 2. The molecule has 1 aromatic carbocycles. The molecule has 1 fully saturated rings. The zero-order valence-electron chi connectivity index (χ0n) is 17.1. The standard InChI is InChI=1S/C23H28N2O4/c1-3-17-5-6-19-18(15-28-22(19)12-17)13-23(26)24-14-20(21-7-4-16(2)29-21)25-8-10-27-11-9-25/h4-7,12,15,20H,3,8-11,13-14H2,1-2H3,(H,24,26)/t20-/m1/s1. The Morgan fingerprint density at radius 2 is 2.03 bits per heavy atom. The molecule has 6 nitrogen and oxygen atoms in total. The summed E-state index contributed by atoms with van der Waals surface area (Å²) < 4.78 is 17.0. The number of nitrogens with zero attached hydrogens (tertiary/aromatic N) is 1. The topological polar surface area (TPSA) is 67.9 Å². The van der Waals surface area contributed by atoms with Crippen LogP contribution in [0.25, 0.3) is 11.0 Å². The summed E-state index contributed by atoms with van der Waals surface area (Å²) in [4.78, 5) is 15.0. The molecule has 1 saturated heterocycles. The van der Waals surface area contributed by atoms with Gasteiger partial charge in [-0.05, 0) is 37.1 Å². The second-order valence-electron chi connectivity index (χ2n) is 7.54. The number of carbonyl (C=O) groups is 1. The summed E-state index contributed by atoms with van der Waals surface area (Å²) in [6.45, 7) is 7.60. The highest BCUT2D eigenvalue weighted by molar-refractivity contribution is 5.87. The molecule has 0 bridgehead atoms. The number of ether oxygens (including phenoxy) is 1. The first-order valence-corrected chi connectivity index (χ1v) is 10.3. The van der Waals surface area contributed by atoms with Gasteiger partial charge in [-0.2, -0.15) is 0 Å². The molecule has 1 aliphatic heterocycles. The van der Waals surface area contributed by atoms with Gasteiger partial charge in [0.2, 0.25) is 5.91 Å². The SMILES string of the molecule is CCc1ccc2c(CC(=O)NC[C@H](c3ccc(C)o3)N3CCOCC3)coc2c1. The van der Waals surface area contributed by atoms with Gasteiger partial charge in [0.15, 0.2) is 0 Å². The second-order valence-corrected chi connectivity index (χ2v) is 7.54. The summed E-state index contributed by atoms with van der Waals surface area (Å²) in [5.41, 5.74) is 2.98. The molecule has 3 aromatic rings. The van der Waals surface area contributed by atoms with Crippen molar-refractivity contribution >= 4 is 16.9 Å². The Kier molecular flexibility index (Phi) is 6.02. The van der Waals surface area contributed by atoms with E-state index in [1.807, 2.05) is 31.2 Å². The van der Waals surface area contributed by atoms with E-state index in [4.69, 9.17) is 13.6 Å². The lowest BCUT2D eigenvalue weighted by atomic mass is 10.1. The maximum atomic E-state index is 12.7. The lowest BCUT2D eigenvalue weighted by molar-refractivity contribution is -0.120. The van der Waals surface area contributed by atoms with Crippen LogP contribution in [-0.2, 0) is 22.4 Å². The van der Waals surface area contributed by atoms with Gasteiger partial charge in [0.05, 0.1) is 31.9 Å². The molecule has 1 amide bonds. The minimum absolute atomic E-state index is 0.00440. The molecule has 0 saturated carbocycles. The Bertz CT molecular complexity index is 968. The molecular formula is C23H28N2O4. The Morgan fingerprint density at radius 1 is 1.21 bits per heavy atom. The van der Waals surface area contributed by atoms with Crippen molar-refractivity contribution < 1.29 is 18.4 Å². The van der Waals surface area contributed by atoms with Crippen LogP contribution in [0, 0.1) is 6.92 Å². The number of nitrogens with one attached hydrogen (secondary N) is 1. The zero-order valence-corrected chi connectivity index (χ0v) is 17.1. The summed E-state index contributed by atoms with van der Waals surface area (Å²) in [6, 6.07) is 10.1. The normalized spacial score (nSPS) is 16.2. The fourth-order valence-electron chi connectivity index (χ4n) is 3.86. The zero-order chi connectivity index (χ0) is 20.2. The average molecular weight is 396 g/mol. The fourth-order valence-corrected chi connectivity index (χ4v) is 3.86. The second kappa shape index (κ2) is 8.84. The van der Waals surface area contributed by atoms with Gasteiger partial charge < -0.3 is 18.9 Å². The molecule has 2 aromatic heterocycles. The number of amides is 1. The van der Waals surface area contributed by atoms with Crippen LogP contribution >= 0.6 is 0 Å². The van der Waals surface area contributed by atoms with Crippen LogP contribution in [0.3, 0.4) is 0 Å². The molecule has 3 heterocycles. The van der Waals surface area contributed by atoms with Crippen molar-refractivity contribution in [2.45, 2.75) is 32.7 Å². The third-order valence-electron chi connectivity index (χ3n) is 5.55. The number of fused-ring (bicyclic) bond motifs is 1. The minimum atomic E-state index is -0.0196. The maximum Gasteiger partial charge on any atom is 0.224 e. The van der Waals surface area contributed by atoms with Crippen molar-refractivity contribution in [3.8, 4) is 0 Å². The van der Waals surface area contributed by atoms with Crippen molar-refractivity contribution in [2.75, 3.05) is 32.8 Å². The third-order valence-corrected chi connectivity index (χ3v) is 5.55. The van der Waals surface area contributed by atoms with Crippen LogP contribution in [-0.4, -0.2) is 43.7 Å². The molecule has 6 heteroatoms. The molecule has 4 rings (SSSR count). The average Bonchev–Trinajstić information content (AvgIpc) is 3.35. The van der Waals surface area contributed by atoms with Crippen LogP contribution < -0.4 is 5.32 Å². The molecule has 154 valence electrons. The van der Waals surface area contributed by atoms with E-state index in [2.05, 4.69) is 23.2 Å². The number of aryl methyl sites for hydroxylation is 2. The molecule has 1 atom stereocenters. The predicted octanol–water partition coefficient (Wildman–Crippen LogP) is 3.63. The smallest absolute Gasteiger partial charge is 0.224 e. The molecular weight excluding hydrogens is 368 g/mol. The summed E-state index contributed by atoms with van der Waals surface area (Å²) in [5, 5.41) is 4.09. The lowest BCUT2D eigenvalue weighted by Gasteiger charge is -2.33. The number of morpholine rings is 1. The van der Waals surface area contributed by atoms with Crippen molar-refractivity contribution in [1.82, 2.24) is 10.2 Å². The van der Waals surface area contributed by atoms with Crippen LogP contribution in [0.15, 0.2) is 45.4 Å². The molecule has 1 aliphatic rings. The molecule has 29 heavy (non-hydrogen) atoms. The maximum absolute atomic E-state index is 12.7. The Hall–Kier alpha value is -2.57. The van der Waals surface area contributed by atoms with Gasteiger partial charge in [-0.1, -0.05) is 19.1 Å². The summed E-state index contributed by atoms with van der Waals surface area (Å²) in [5.74, 6) is 1.74. The largest absolute Gasteiger partial charge is 0.465 e. The van der Waals surface area contributed by atoms with E-state index in [0.29, 0.717) is 26.2 Å². The summed E-state index contributed by atoms with van der Waals surface area (Å²) >= 11 is 0. The van der Waals surface area contributed by atoms with E-state index in [1.54, 1.807) is 6.26 Å². The summed E-state index contributed by atoms with van der Waals surface area (Å²) in [6.07, 6.45) is 2.95. The van der Waals surface area contributed by atoms with Gasteiger partial charge in [0.25, 0.3) is 0 Å². The van der Waals surface area contributed by atoms with E-state index in [1.165, 1.54) is 5.56 Å². The van der Waals surface area contributed by atoms with Gasteiger partial charge in [-0.15, -0.1) is 0 Å². The lowest BCUT2D eigenvalue weighted by Crippen LogP contribution is -2.43. The van der Waals surface area contributed by atoms with E-state index in [0.717, 1.165) is 47.6 Å². The van der Waals surface area contributed by atoms with Gasteiger partial charge in [-0.3, -0.25) is 9.69 Å². The predicted molar refractivity (Wildman–Crippen MR) is 111 cm³/mol. The highest BCUT2D eigenvalue weighted by Crippen LogP contribution is 2.25. The number of benzene rings is 1. The quantitative estimate of drug-likeness (QED) is 0.661. The van der Waals surface area contributed by atoms with Crippen molar-refractivity contribution in [2.24, 2.45) is 0 Å². The van der Waals surface area contributed by atoms with E-state index in [9.17, 15) is 4.79 Å². The number of hydrogen-bond acceptors (Lipinski definition) is 5. The third kappa shape index (κ3) is 4.54. The molecule has 0 spiro atoms. The minimum Gasteiger partial charge on any atom is -0.465 e. The van der Waals surface area contributed by atoms with Gasteiger partial charge in [0.1, 0.15) is 17.1 Å². The number of hydrogen-bond donors (Lipinski definition) is 1. The van der Waals surface area contributed by atoms with Crippen molar-refractivity contribution in [1.29, 1.82) is 0 Å².